The van der Waals surface area contributed by atoms with E-state index in [1.165, 1.54) is 50.2 Å². The second-order valence-electron chi connectivity index (χ2n) is 23.2. The number of rotatable bonds is 12. The summed E-state index contributed by atoms with van der Waals surface area (Å²) in [7, 11) is 0. The zero-order chi connectivity index (χ0) is 55.9. The molecule has 0 saturated carbocycles. The predicted octanol–water partition coefficient (Wildman–Crippen LogP) is 20.9. The Hall–Kier alpha value is -9.59. The van der Waals surface area contributed by atoms with Crippen molar-refractivity contribution < 1.29 is 9.15 Å². The lowest BCUT2D eigenvalue weighted by Gasteiger charge is -2.24. The van der Waals surface area contributed by atoms with E-state index in [0.717, 1.165) is 94.3 Å². The number of nitrogens with zero attached hydrogens (tertiary/aromatic N) is 5. The van der Waals surface area contributed by atoms with Crippen LogP contribution in [0.15, 0.2) is 217 Å². The van der Waals surface area contributed by atoms with E-state index in [-0.39, 0.29) is 23.7 Å². The number of pyridine rings is 1. The Balaban J connectivity index is 0.987. The molecule has 0 aliphatic rings. The molecule has 10 aromatic carbocycles. The summed E-state index contributed by atoms with van der Waals surface area (Å²) in [4.78, 5) is 16.2. The maximum atomic E-state index is 7.26. The van der Waals surface area contributed by atoms with Crippen molar-refractivity contribution in [3.05, 3.63) is 235 Å². The van der Waals surface area contributed by atoms with Crippen LogP contribution < -0.4 is 4.74 Å². The number of imidazole rings is 2. The van der Waals surface area contributed by atoms with Crippen molar-refractivity contribution in [1.82, 2.24) is 24.1 Å². The fourth-order valence-electron chi connectivity index (χ4n) is 12.3. The highest BCUT2D eigenvalue weighted by Crippen LogP contribution is 2.47. The Morgan fingerprint density at radius 1 is 0.354 bits per heavy atom. The van der Waals surface area contributed by atoms with E-state index in [2.05, 4.69) is 265 Å². The third-order valence-electron chi connectivity index (χ3n) is 16.4. The first-order valence-electron chi connectivity index (χ1n) is 28.8. The fourth-order valence-corrected chi connectivity index (χ4v) is 12.3. The third-order valence-corrected chi connectivity index (χ3v) is 16.4. The number of fused-ring (bicyclic) bond motifs is 7. The first-order valence-corrected chi connectivity index (χ1v) is 28.8. The molecule has 0 fully saturated rings. The van der Waals surface area contributed by atoms with Gasteiger partial charge in [0.2, 0.25) is 0 Å². The van der Waals surface area contributed by atoms with Crippen molar-refractivity contribution in [1.29, 1.82) is 0 Å². The molecule has 0 spiro atoms. The van der Waals surface area contributed by atoms with Crippen molar-refractivity contribution in [2.45, 2.75) is 79.1 Å². The molecule has 400 valence electrons. The molecule has 7 heteroatoms. The smallest absolute Gasteiger partial charge is 0.149 e. The van der Waals surface area contributed by atoms with Crippen molar-refractivity contribution in [2.24, 2.45) is 0 Å². The number of benzene rings is 10. The summed E-state index contributed by atoms with van der Waals surface area (Å²) in [6.07, 6.45) is 0. The zero-order valence-corrected chi connectivity index (χ0v) is 47.6. The number of hydrogen-bond donors (Lipinski definition) is 0. The Kier molecular flexibility index (Phi) is 12.5. The van der Waals surface area contributed by atoms with Gasteiger partial charge in [0, 0.05) is 33.2 Å². The van der Waals surface area contributed by atoms with Crippen LogP contribution in [0.5, 0.6) is 11.5 Å². The number of aromatic nitrogens is 5. The minimum Gasteiger partial charge on any atom is -0.457 e. The van der Waals surface area contributed by atoms with Gasteiger partial charge in [-0.3, -0.25) is 9.13 Å². The van der Waals surface area contributed by atoms with E-state index in [9.17, 15) is 0 Å². The van der Waals surface area contributed by atoms with Gasteiger partial charge in [0.15, 0.2) is 0 Å². The largest absolute Gasteiger partial charge is 0.457 e. The van der Waals surface area contributed by atoms with Gasteiger partial charge in [-0.2, -0.15) is 0 Å². The van der Waals surface area contributed by atoms with Crippen LogP contribution in [0.25, 0.3) is 122 Å². The van der Waals surface area contributed by atoms with Crippen molar-refractivity contribution in [2.75, 3.05) is 0 Å². The van der Waals surface area contributed by atoms with Crippen LogP contribution in [-0.2, 0) is 0 Å². The van der Waals surface area contributed by atoms with E-state index in [0.29, 0.717) is 11.5 Å². The van der Waals surface area contributed by atoms with Crippen LogP contribution in [0.1, 0.15) is 101 Å². The lowest BCUT2D eigenvalue weighted by molar-refractivity contribution is 0.483. The number of para-hydroxylation sites is 5. The summed E-state index contributed by atoms with van der Waals surface area (Å²) in [5, 5.41) is 4.00. The molecular formula is C75H63N5O2. The zero-order valence-electron chi connectivity index (χ0n) is 47.6. The Labute approximate surface area is 478 Å². The van der Waals surface area contributed by atoms with Crippen LogP contribution in [0.2, 0.25) is 0 Å². The van der Waals surface area contributed by atoms with E-state index in [1.807, 2.05) is 12.1 Å². The van der Waals surface area contributed by atoms with E-state index >= 15 is 0 Å². The summed E-state index contributed by atoms with van der Waals surface area (Å²) in [6, 6.07) is 75.4. The Morgan fingerprint density at radius 3 is 1.43 bits per heavy atom. The number of furan rings is 1. The molecule has 0 radical (unpaired) electrons. The molecule has 0 N–H and O–H groups in total. The van der Waals surface area contributed by atoms with E-state index in [4.69, 9.17) is 24.1 Å². The molecule has 0 amide bonds. The highest BCUT2D eigenvalue weighted by Gasteiger charge is 2.28. The lowest BCUT2D eigenvalue weighted by atomic mass is 9.88. The van der Waals surface area contributed by atoms with Gasteiger partial charge >= 0.3 is 0 Å². The lowest BCUT2D eigenvalue weighted by Crippen LogP contribution is -2.09. The molecule has 82 heavy (non-hydrogen) atoms. The second kappa shape index (κ2) is 20.2. The molecule has 7 nitrogen and oxygen atoms in total. The topological polar surface area (TPSA) is 70.9 Å². The molecule has 14 aromatic rings. The molecule has 0 unspecified atom stereocenters. The van der Waals surface area contributed by atoms with Gasteiger partial charge in [-0.05, 0) is 159 Å². The molecule has 4 aromatic heterocycles. The van der Waals surface area contributed by atoms with Gasteiger partial charge < -0.3 is 9.15 Å². The summed E-state index contributed by atoms with van der Waals surface area (Å²) < 4.78 is 19.2. The molecule has 0 aliphatic heterocycles. The highest BCUT2D eigenvalue weighted by molar-refractivity contribution is 6.14. The second-order valence-corrected chi connectivity index (χ2v) is 23.2. The van der Waals surface area contributed by atoms with Crippen molar-refractivity contribution in [3.63, 3.8) is 0 Å². The van der Waals surface area contributed by atoms with Crippen molar-refractivity contribution in [3.8, 4) is 67.9 Å². The SMILES string of the molecule is CC(C)c1cc(-c2ccccc2)cc(C(C)C)c1-n1c(-c2cccc(Oc3cc(-c4nc5ccccc5n4-c4c(C(C)C)cc(-c5ccccc5)cc4C(C)C)c4oc5cc6nc7ccccc7cc6cc5c4c3)c2)nc2ccccc21. The summed E-state index contributed by atoms with van der Waals surface area (Å²) in [6.45, 7) is 18.4. The van der Waals surface area contributed by atoms with Gasteiger partial charge in [0.05, 0.1) is 50.0 Å². The van der Waals surface area contributed by atoms with Crippen LogP contribution in [-0.4, -0.2) is 24.1 Å². The molecular weight excluding hydrogens is 1000 g/mol. The molecule has 0 atom stereocenters. The van der Waals surface area contributed by atoms with Crippen LogP contribution >= 0.6 is 0 Å². The molecule has 0 saturated heterocycles. The van der Waals surface area contributed by atoms with Crippen LogP contribution in [0.3, 0.4) is 0 Å². The minimum atomic E-state index is 0.185. The number of ether oxygens (including phenoxy) is 1. The average Bonchev–Trinajstić information content (AvgIpc) is 3.01. The monoisotopic (exact) mass is 1070 g/mol. The van der Waals surface area contributed by atoms with Gasteiger partial charge in [0.25, 0.3) is 0 Å². The van der Waals surface area contributed by atoms with E-state index in [1.54, 1.807) is 0 Å². The van der Waals surface area contributed by atoms with Crippen LogP contribution in [0.4, 0.5) is 0 Å². The normalized spacial score (nSPS) is 12.1. The molecule has 0 aliphatic carbocycles. The fraction of sp³-hybridized carbons (Fsp3) is 0.160. The number of hydrogen-bond acceptors (Lipinski definition) is 5. The quantitative estimate of drug-likeness (QED) is 0.114. The minimum absolute atomic E-state index is 0.185. The summed E-state index contributed by atoms with van der Waals surface area (Å²) in [5.41, 5.74) is 21.1. The standard InChI is InChI=1S/C75H63N5O2/c1-44(2)57-36-52(48-22-11-9-12-23-48)37-58(45(3)4)71(57)79-68-32-19-17-30-65(68)77-74(79)51-27-21-28-55(35-51)81-56-41-62-61-40-54-34-50-26-15-16-29-64(50)76-67(54)43-70(61)82-73(62)63(42-56)75-78-66-31-18-20-33-69(66)80(75)72-59(46(5)6)38-53(39-60(72)47(7)8)49-24-13-10-14-25-49/h9-47H,1-8H3. The van der Waals surface area contributed by atoms with Crippen LogP contribution in [0, 0.1) is 0 Å². The highest BCUT2D eigenvalue weighted by atomic mass is 16.5. The average molecular weight is 1070 g/mol. The predicted molar refractivity (Wildman–Crippen MR) is 340 cm³/mol. The molecule has 4 heterocycles. The van der Waals surface area contributed by atoms with E-state index < -0.39 is 0 Å². The maximum absolute atomic E-state index is 7.26. The van der Waals surface area contributed by atoms with Gasteiger partial charge in [-0.15, -0.1) is 0 Å². The van der Waals surface area contributed by atoms with Gasteiger partial charge in [0.1, 0.15) is 34.3 Å². The van der Waals surface area contributed by atoms with Crippen molar-refractivity contribution >= 4 is 65.8 Å². The third kappa shape index (κ3) is 8.70. The summed E-state index contributed by atoms with van der Waals surface area (Å²) in [5.74, 6) is 3.77. The summed E-state index contributed by atoms with van der Waals surface area (Å²) >= 11 is 0. The van der Waals surface area contributed by atoms with Gasteiger partial charge in [-0.25, -0.2) is 15.0 Å². The first-order chi connectivity index (χ1) is 39.9. The first kappa shape index (κ1) is 50.6. The van der Waals surface area contributed by atoms with Gasteiger partial charge in [-0.1, -0.05) is 171 Å². The molecule has 0 bridgehead atoms. The Bertz CT molecular complexity index is 4730. The molecule has 14 rings (SSSR count). The maximum Gasteiger partial charge on any atom is 0.149 e. The Morgan fingerprint density at radius 2 is 0.854 bits per heavy atom.